The van der Waals surface area contributed by atoms with Crippen molar-refractivity contribution in [2.75, 3.05) is 0 Å². The maximum atomic E-state index is 10.1. The molecule has 1 aromatic rings. The molecule has 0 saturated heterocycles. The standard InChI is InChI=1S/C7H7BrN2O2/c8-6-3-1-2-5(10-6)4-9-7(11)12/h1-3,9H,4H2,(H,11,12). The number of carboxylic acid groups (broad SMARTS) is 1. The number of nitrogens with one attached hydrogen (secondary N) is 1. The van der Waals surface area contributed by atoms with Crippen LogP contribution in [0.15, 0.2) is 22.8 Å². The topological polar surface area (TPSA) is 62.2 Å². The molecule has 2 N–H and O–H groups in total. The molecule has 0 aliphatic carbocycles. The molecule has 0 unspecified atom stereocenters. The Balaban J connectivity index is 2.57. The van der Waals surface area contributed by atoms with Gasteiger partial charge in [-0.2, -0.15) is 0 Å². The first kappa shape index (κ1) is 8.99. The van der Waals surface area contributed by atoms with Gasteiger partial charge in [0.1, 0.15) is 4.60 Å². The van der Waals surface area contributed by atoms with Crippen LogP contribution in [0.4, 0.5) is 4.79 Å². The number of hydrogen-bond acceptors (Lipinski definition) is 2. The molecule has 0 aliphatic rings. The summed E-state index contributed by atoms with van der Waals surface area (Å²) < 4.78 is 0.701. The lowest BCUT2D eigenvalue weighted by Gasteiger charge is -1.99. The van der Waals surface area contributed by atoms with Crippen molar-refractivity contribution in [1.29, 1.82) is 0 Å². The number of carbonyl (C=O) groups is 1. The Labute approximate surface area is 77.8 Å². The van der Waals surface area contributed by atoms with Crippen molar-refractivity contribution in [3.63, 3.8) is 0 Å². The Kier molecular flexibility index (Phi) is 3.04. The van der Waals surface area contributed by atoms with Gasteiger partial charge in [0.2, 0.25) is 0 Å². The molecule has 0 bridgehead atoms. The molecule has 1 aromatic heterocycles. The van der Waals surface area contributed by atoms with E-state index in [2.05, 4.69) is 26.2 Å². The van der Waals surface area contributed by atoms with Crippen LogP contribution in [0, 0.1) is 0 Å². The van der Waals surface area contributed by atoms with Crippen LogP contribution in [0.25, 0.3) is 0 Å². The minimum atomic E-state index is -1.04. The summed E-state index contributed by atoms with van der Waals surface area (Å²) in [6.45, 7) is 0.231. The van der Waals surface area contributed by atoms with E-state index in [1.54, 1.807) is 18.2 Å². The third kappa shape index (κ3) is 2.87. The maximum Gasteiger partial charge on any atom is 0.404 e. The molecule has 1 rings (SSSR count). The van der Waals surface area contributed by atoms with Gasteiger partial charge in [-0.25, -0.2) is 9.78 Å². The lowest BCUT2D eigenvalue weighted by atomic mass is 10.3. The Morgan fingerprint density at radius 1 is 1.67 bits per heavy atom. The Hall–Kier alpha value is -1.10. The molecular formula is C7H7BrN2O2. The molecule has 12 heavy (non-hydrogen) atoms. The van der Waals surface area contributed by atoms with E-state index in [0.29, 0.717) is 10.3 Å². The molecule has 4 nitrogen and oxygen atoms in total. The normalized spacial score (nSPS) is 9.42. The number of amides is 1. The minimum Gasteiger partial charge on any atom is -0.465 e. The highest BCUT2D eigenvalue weighted by atomic mass is 79.9. The van der Waals surface area contributed by atoms with Crippen LogP contribution in [-0.4, -0.2) is 16.2 Å². The molecule has 0 spiro atoms. The maximum absolute atomic E-state index is 10.1. The van der Waals surface area contributed by atoms with E-state index in [4.69, 9.17) is 5.11 Å². The van der Waals surface area contributed by atoms with E-state index in [0.717, 1.165) is 0 Å². The molecule has 0 saturated carbocycles. The predicted octanol–water partition coefficient (Wildman–Crippen LogP) is 1.61. The third-order valence-electron chi connectivity index (χ3n) is 1.19. The molecule has 0 atom stereocenters. The molecule has 0 aromatic carbocycles. The van der Waals surface area contributed by atoms with E-state index in [-0.39, 0.29) is 6.54 Å². The molecule has 0 fully saturated rings. The lowest BCUT2D eigenvalue weighted by molar-refractivity contribution is 0.194. The van der Waals surface area contributed by atoms with Crippen molar-refractivity contribution in [1.82, 2.24) is 10.3 Å². The average Bonchev–Trinajstić information content (AvgIpc) is 2.01. The fraction of sp³-hybridized carbons (Fsp3) is 0.143. The van der Waals surface area contributed by atoms with Crippen molar-refractivity contribution in [2.24, 2.45) is 0 Å². The summed E-state index contributed by atoms with van der Waals surface area (Å²) in [6.07, 6.45) is -1.04. The first-order valence-corrected chi connectivity index (χ1v) is 4.06. The fourth-order valence-corrected chi connectivity index (χ4v) is 1.10. The summed E-state index contributed by atoms with van der Waals surface area (Å²) in [7, 11) is 0. The zero-order valence-corrected chi connectivity index (χ0v) is 7.71. The zero-order chi connectivity index (χ0) is 8.97. The number of nitrogens with zero attached hydrogens (tertiary/aromatic N) is 1. The average molecular weight is 231 g/mol. The van der Waals surface area contributed by atoms with Gasteiger partial charge < -0.3 is 10.4 Å². The monoisotopic (exact) mass is 230 g/mol. The highest BCUT2D eigenvalue weighted by Gasteiger charge is 1.97. The summed E-state index contributed by atoms with van der Waals surface area (Å²) >= 11 is 3.18. The van der Waals surface area contributed by atoms with Gasteiger partial charge in [0, 0.05) is 0 Å². The number of pyridine rings is 1. The predicted molar refractivity (Wildman–Crippen MR) is 46.8 cm³/mol. The second kappa shape index (κ2) is 4.06. The van der Waals surface area contributed by atoms with Gasteiger partial charge in [-0.3, -0.25) is 0 Å². The van der Waals surface area contributed by atoms with Crippen LogP contribution in [0.3, 0.4) is 0 Å². The van der Waals surface area contributed by atoms with Gasteiger partial charge in [0.25, 0.3) is 0 Å². The van der Waals surface area contributed by atoms with Gasteiger partial charge >= 0.3 is 6.09 Å². The van der Waals surface area contributed by atoms with Crippen LogP contribution < -0.4 is 5.32 Å². The van der Waals surface area contributed by atoms with Crippen molar-refractivity contribution in [3.05, 3.63) is 28.5 Å². The van der Waals surface area contributed by atoms with Crippen molar-refractivity contribution >= 4 is 22.0 Å². The van der Waals surface area contributed by atoms with E-state index in [1.165, 1.54) is 0 Å². The second-order valence-electron chi connectivity index (χ2n) is 2.11. The molecule has 0 aliphatic heterocycles. The van der Waals surface area contributed by atoms with Crippen LogP contribution in [0.5, 0.6) is 0 Å². The van der Waals surface area contributed by atoms with E-state index in [1.807, 2.05) is 0 Å². The van der Waals surface area contributed by atoms with Crippen LogP contribution >= 0.6 is 15.9 Å². The quantitative estimate of drug-likeness (QED) is 0.760. The summed E-state index contributed by atoms with van der Waals surface area (Å²) in [4.78, 5) is 14.1. The summed E-state index contributed by atoms with van der Waals surface area (Å²) in [5.74, 6) is 0. The molecular weight excluding hydrogens is 224 g/mol. The number of hydrogen-bond donors (Lipinski definition) is 2. The van der Waals surface area contributed by atoms with Gasteiger partial charge in [-0.1, -0.05) is 6.07 Å². The van der Waals surface area contributed by atoms with Gasteiger partial charge in [0.15, 0.2) is 0 Å². The first-order valence-electron chi connectivity index (χ1n) is 3.27. The van der Waals surface area contributed by atoms with Gasteiger partial charge in [0.05, 0.1) is 12.2 Å². The molecule has 0 radical (unpaired) electrons. The SMILES string of the molecule is O=C(O)NCc1cccc(Br)n1. The van der Waals surface area contributed by atoms with Crippen molar-refractivity contribution in [2.45, 2.75) is 6.54 Å². The van der Waals surface area contributed by atoms with Crippen molar-refractivity contribution in [3.8, 4) is 0 Å². The van der Waals surface area contributed by atoms with Crippen LogP contribution in [-0.2, 0) is 6.54 Å². The molecule has 1 heterocycles. The second-order valence-corrected chi connectivity index (χ2v) is 2.92. The van der Waals surface area contributed by atoms with Crippen LogP contribution in [0.2, 0.25) is 0 Å². The van der Waals surface area contributed by atoms with Crippen LogP contribution in [0.1, 0.15) is 5.69 Å². The highest BCUT2D eigenvalue weighted by Crippen LogP contribution is 2.05. The lowest BCUT2D eigenvalue weighted by Crippen LogP contribution is -2.20. The number of aromatic nitrogens is 1. The van der Waals surface area contributed by atoms with E-state index < -0.39 is 6.09 Å². The van der Waals surface area contributed by atoms with E-state index >= 15 is 0 Å². The third-order valence-corrected chi connectivity index (χ3v) is 1.64. The number of rotatable bonds is 2. The molecule has 1 amide bonds. The zero-order valence-electron chi connectivity index (χ0n) is 6.12. The Morgan fingerprint density at radius 3 is 3.00 bits per heavy atom. The number of halogens is 1. The first-order chi connectivity index (χ1) is 5.68. The highest BCUT2D eigenvalue weighted by molar-refractivity contribution is 9.10. The summed E-state index contributed by atoms with van der Waals surface area (Å²) in [5.41, 5.74) is 0.687. The summed E-state index contributed by atoms with van der Waals surface area (Å²) in [6, 6.07) is 5.33. The Morgan fingerprint density at radius 2 is 2.42 bits per heavy atom. The Bertz CT molecular complexity index is 290. The van der Waals surface area contributed by atoms with Gasteiger partial charge in [-0.15, -0.1) is 0 Å². The van der Waals surface area contributed by atoms with Crippen molar-refractivity contribution < 1.29 is 9.90 Å². The smallest absolute Gasteiger partial charge is 0.404 e. The largest absolute Gasteiger partial charge is 0.465 e. The van der Waals surface area contributed by atoms with E-state index in [9.17, 15) is 4.79 Å². The fourth-order valence-electron chi connectivity index (χ4n) is 0.715. The van der Waals surface area contributed by atoms with Gasteiger partial charge in [-0.05, 0) is 28.1 Å². The minimum absolute atomic E-state index is 0.231. The molecule has 5 heteroatoms. The molecule has 64 valence electrons. The summed E-state index contributed by atoms with van der Waals surface area (Å²) in [5, 5.41) is 10.5.